The second-order valence-corrected chi connectivity index (χ2v) is 6.92. The van der Waals surface area contributed by atoms with E-state index in [9.17, 15) is 14.4 Å². The van der Waals surface area contributed by atoms with Crippen molar-refractivity contribution in [1.82, 2.24) is 25.1 Å². The third-order valence-corrected chi connectivity index (χ3v) is 4.89. The van der Waals surface area contributed by atoms with Crippen LogP contribution in [0.5, 0.6) is 0 Å². The van der Waals surface area contributed by atoms with Gasteiger partial charge in [-0.3, -0.25) is 19.3 Å². The zero-order valence-electron chi connectivity index (χ0n) is 16.7. The van der Waals surface area contributed by atoms with Crippen molar-refractivity contribution in [2.75, 3.05) is 18.0 Å². The summed E-state index contributed by atoms with van der Waals surface area (Å²) in [5.41, 5.74) is 1.55. The van der Waals surface area contributed by atoms with Gasteiger partial charge in [0.25, 0.3) is 17.7 Å². The van der Waals surface area contributed by atoms with E-state index in [0.717, 1.165) is 5.69 Å². The van der Waals surface area contributed by atoms with Gasteiger partial charge in [-0.05, 0) is 29.5 Å². The minimum absolute atomic E-state index is 0.0945. The first kappa shape index (κ1) is 20.1. The van der Waals surface area contributed by atoms with Crippen LogP contribution in [0.4, 0.5) is 5.69 Å². The van der Waals surface area contributed by atoms with Gasteiger partial charge in [-0.25, -0.2) is 0 Å². The summed E-state index contributed by atoms with van der Waals surface area (Å²) in [6.45, 7) is 4.10. The Morgan fingerprint density at radius 2 is 1.65 bits per heavy atom. The van der Waals surface area contributed by atoms with Crippen LogP contribution in [0.25, 0.3) is 0 Å². The average Bonchev–Trinajstić information content (AvgIpc) is 3.33. The second-order valence-electron chi connectivity index (χ2n) is 6.92. The fourth-order valence-corrected chi connectivity index (χ4v) is 3.39. The zero-order chi connectivity index (χ0) is 21.8. The minimum atomic E-state index is -0.328. The Kier molecular flexibility index (Phi) is 5.65. The molecule has 1 aromatic heterocycles. The lowest BCUT2D eigenvalue weighted by Crippen LogP contribution is -2.34. The van der Waals surface area contributed by atoms with Crippen LogP contribution in [0.1, 0.15) is 26.5 Å². The van der Waals surface area contributed by atoms with Crippen LogP contribution >= 0.6 is 0 Å². The molecule has 9 nitrogen and oxygen atoms in total. The Bertz CT molecular complexity index is 1110. The molecule has 156 valence electrons. The fourth-order valence-electron chi connectivity index (χ4n) is 3.39. The van der Waals surface area contributed by atoms with E-state index < -0.39 is 0 Å². The fraction of sp³-hybridized carbons (Fsp3) is 0.182. The molecule has 1 aliphatic heterocycles. The maximum atomic E-state index is 12.7. The molecule has 3 amide bonds. The Morgan fingerprint density at radius 1 is 1.00 bits per heavy atom. The van der Waals surface area contributed by atoms with Gasteiger partial charge in [-0.15, -0.1) is 16.8 Å². The number of anilines is 1. The van der Waals surface area contributed by atoms with Gasteiger partial charge in [0.1, 0.15) is 6.54 Å². The highest BCUT2D eigenvalue weighted by atomic mass is 16.2. The molecule has 2 aromatic carbocycles. The maximum Gasteiger partial charge on any atom is 0.261 e. The third kappa shape index (κ3) is 4.11. The molecule has 0 atom stereocenters. The Morgan fingerprint density at radius 3 is 2.29 bits per heavy atom. The van der Waals surface area contributed by atoms with Crippen molar-refractivity contribution in [2.45, 2.75) is 13.0 Å². The highest BCUT2D eigenvalue weighted by Gasteiger charge is 2.34. The lowest BCUT2D eigenvalue weighted by atomic mass is 10.1. The Labute approximate surface area is 178 Å². The largest absolute Gasteiger partial charge is 0.307 e. The molecule has 0 spiro atoms. The van der Waals surface area contributed by atoms with Gasteiger partial charge in [0.2, 0.25) is 0 Å². The van der Waals surface area contributed by atoms with Crippen LogP contribution < -0.4 is 4.90 Å². The van der Waals surface area contributed by atoms with E-state index in [1.54, 1.807) is 35.2 Å². The molecule has 0 radical (unpaired) electrons. The van der Waals surface area contributed by atoms with E-state index >= 15 is 0 Å². The minimum Gasteiger partial charge on any atom is -0.307 e. The van der Waals surface area contributed by atoms with Crippen LogP contribution in [0.2, 0.25) is 0 Å². The maximum absolute atomic E-state index is 12.7. The summed E-state index contributed by atoms with van der Waals surface area (Å²) in [7, 11) is 0. The number of benzene rings is 2. The number of hydrogen-bond acceptors (Lipinski definition) is 6. The number of carbonyl (C=O) groups excluding carboxylic acids is 3. The topological polar surface area (TPSA) is 101 Å². The summed E-state index contributed by atoms with van der Waals surface area (Å²) in [6, 6.07) is 16.0. The summed E-state index contributed by atoms with van der Waals surface area (Å²) in [5.74, 6) is -0.521. The molecule has 31 heavy (non-hydrogen) atoms. The first-order valence-electron chi connectivity index (χ1n) is 9.76. The number of rotatable bonds is 8. The van der Waals surface area contributed by atoms with Gasteiger partial charge >= 0.3 is 0 Å². The Hall–Kier alpha value is -4.14. The summed E-state index contributed by atoms with van der Waals surface area (Å²) in [5, 5.41) is 12.1. The standard InChI is InChI=1S/C22H20N6O3/c1-2-13-26(16-8-4-3-5-9-16)20(29)15-28-24-19(23-25-28)12-14-27-21(30)17-10-6-7-11-18(17)22(27)31/h2-11H,1,12-15H2. The van der Waals surface area contributed by atoms with Gasteiger partial charge in [-0.1, -0.05) is 36.4 Å². The van der Waals surface area contributed by atoms with Crippen LogP contribution in [-0.2, 0) is 17.8 Å². The van der Waals surface area contributed by atoms with E-state index in [1.165, 1.54) is 9.70 Å². The lowest BCUT2D eigenvalue weighted by Gasteiger charge is -2.20. The smallest absolute Gasteiger partial charge is 0.261 e. The van der Waals surface area contributed by atoms with Crippen molar-refractivity contribution in [3.8, 4) is 0 Å². The summed E-state index contributed by atoms with van der Waals surface area (Å²) >= 11 is 0. The molecule has 0 saturated heterocycles. The number of fused-ring (bicyclic) bond motifs is 1. The Balaban J connectivity index is 1.39. The van der Waals surface area contributed by atoms with Gasteiger partial charge in [0.05, 0.1) is 11.1 Å². The zero-order valence-corrected chi connectivity index (χ0v) is 16.7. The summed E-state index contributed by atoms with van der Waals surface area (Å²) in [4.78, 5) is 41.6. The van der Waals surface area contributed by atoms with E-state index in [1.807, 2.05) is 30.3 Å². The molecular formula is C22H20N6O3. The number of amides is 3. The highest BCUT2D eigenvalue weighted by molar-refractivity contribution is 6.21. The molecule has 0 fully saturated rings. The van der Waals surface area contributed by atoms with Crippen LogP contribution in [0.15, 0.2) is 67.3 Å². The first-order valence-corrected chi connectivity index (χ1v) is 9.76. The highest BCUT2D eigenvalue weighted by Crippen LogP contribution is 2.22. The second kappa shape index (κ2) is 8.70. The third-order valence-electron chi connectivity index (χ3n) is 4.89. The number of nitrogens with zero attached hydrogens (tertiary/aromatic N) is 6. The number of carbonyl (C=O) groups is 3. The monoisotopic (exact) mass is 416 g/mol. The molecular weight excluding hydrogens is 396 g/mol. The quantitative estimate of drug-likeness (QED) is 0.409. The van der Waals surface area contributed by atoms with Crippen molar-refractivity contribution in [3.63, 3.8) is 0 Å². The van der Waals surface area contributed by atoms with Crippen molar-refractivity contribution in [2.24, 2.45) is 0 Å². The molecule has 0 bridgehead atoms. The van der Waals surface area contributed by atoms with Crippen LogP contribution in [0.3, 0.4) is 0 Å². The van der Waals surface area contributed by atoms with E-state index in [4.69, 9.17) is 0 Å². The van der Waals surface area contributed by atoms with Gasteiger partial charge < -0.3 is 4.90 Å². The van der Waals surface area contributed by atoms with Crippen LogP contribution in [0, 0.1) is 0 Å². The summed E-state index contributed by atoms with van der Waals surface area (Å²) in [6.07, 6.45) is 1.89. The first-order chi connectivity index (χ1) is 15.1. The molecule has 3 aromatic rings. The predicted octanol–water partition coefficient (Wildman–Crippen LogP) is 1.73. The molecule has 0 aliphatic carbocycles. The predicted molar refractivity (Wildman–Crippen MR) is 112 cm³/mol. The number of tetrazole rings is 1. The van der Waals surface area contributed by atoms with E-state index in [2.05, 4.69) is 22.0 Å². The lowest BCUT2D eigenvalue weighted by molar-refractivity contribution is -0.119. The molecule has 1 aliphatic rings. The molecule has 0 saturated carbocycles. The molecule has 2 heterocycles. The van der Waals surface area contributed by atoms with E-state index in [0.29, 0.717) is 23.5 Å². The molecule has 0 N–H and O–H groups in total. The SMILES string of the molecule is C=CCN(C(=O)Cn1nnc(CCN2C(=O)c3ccccc3C2=O)n1)c1ccccc1. The number of hydrogen-bond donors (Lipinski definition) is 0. The van der Waals surface area contributed by atoms with Gasteiger partial charge in [-0.2, -0.15) is 4.80 Å². The summed E-state index contributed by atoms with van der Waals surface area (Å²) < 4.78 is 0. The normalized spacial score (nSPS) is 12.7. The molecule has 9 heteroatoms. The van der Waals surface area contributed by atoms with Crippen molar-refractivity contribution in [3.05, 3.63) is 84.2 Å². The van der Waals surface area contributed by atoms with Gasteiger partial charge in [0, 0.05) is 25.2 Å². The average molecular weight is 416 g/mol. The molecule has 0 unspecified atom stereocenters. The van der Waals surface area contributed by atoms with Crippen molar-refractivity contribution < 1.29 is 14.4 Å². The number of aromatic nitrogens is 4. The number of imide groups is 1. The van der Waals surface area contributed by atoms with Crippen molar-refractivity contribution in [1.29, 1.82) is 0 Å². The number of para-hydroxylation sites is 1. The van der Waals surface area contributed by atoms with Gasteiger partial charge in [0.15, 0.2) is 5.82 Å². The van der Waals surface area contributed by atoms with Crippen LogP contribution in [-0.4, -0.2) is 55.9 Å². The molecule has 4 rings (SSSR count). The van der Waals surface area contributed by atoms with E-state index in [-0.39, 0.29) is 37.2 Å². The van der Waals surface area contributed by atoms with Crippen molar-refractivity contribution >= 4 is 23.4 Å².